The Balaban J connectivity index is 2.07. The third kappa shape index (κ3) is 5.28. The van der Waals surface area contributed by atoms with Crippen LogP contribution < -0.4 is 0 Å². The van der Waals surface area contributed by atoms with Crippen molar-refractivity contribution in [1.29, 1.82) is 0 Å². The van der Waals surface area contributed by atoms with Gasteiger partial charge in [0.05, 0.1) is 12.6 Å². The Morgan fingerprint density at radius 2 is 1.95 bits per heavy atom. The van der Waals surface area contributed by atoms with Crippen molar-refractivity contribution in [1.82, 2.24) is 9.78 Å². The number of aromatic nitrogens is 2. The molecule has 1 unspecified atom stereocenters. The third-order valence-electron chi connectivity index (χ3n) is 2.90. The van der Waals surface area contributed by atoms with Crippen LogP contribution in [0, 0.1) is 0 Å². The van der Waals surface area contributed by atoms with Crippen LogP contribution in [-0.4, -0.2) is 30.9 Å². The van der Waals surface area contributed by atoms with E-state index < -0.39 is 8.32 Å². The van der Waals surface area contributed by atoms with Crippen molar-refractivity contribution < 1.29 is 4.43 Å². The fourth-order valence-electron chi connectivity index (χ4n) is 2.05. The van der Waals surface area contributed by atoms with E-state index in [1.165, 1.54) is 5.56 Å². The normalized spacial score (nSPS) is 13.7. The van der Waals surface area contributed by atoms with E-state index in [0.717, 1.165) is 5.69 Å². The van der Waals surface area contributed by atoms with Gasteiger partial charge in [-0.2, -0.15) is 5.10 Å². The van der Waals surface area contributed by atoms with Gasteiger partial charge < -0.3 is 4.43 Å². The molecular formula is C16H23N3OSi. The summed E-state index contributed by atoms with van der Waals surface area (Å²) in [5.74, 6) is 0. The Morgan fingerprint density at radius 3 is 2.52 bits per heavy atom. The first-order valence-electron chi connectivity index (χ1n) is 7.16. The molecule has 0 saturated carbocycles. The van der Waals surface area contributed by atoms with Gasteiger partial charge >= 0.3 is 0 Å². The molecule has 0 aliphatic rings. The van der Waals surface area contributed by atoms with Crippen molar-refractivity contribution in [3.63, 3.8) is 0 Å². The topological polar surface area (TPSA) is 39.4 Å². The number of nitrogens with zero attached hydrogens (tertiary/aromatic N) is 3. The largest absolute Gasteiger partial charge is 0.409 e. The average molecular weight is 301 g/mol. The van der Waals surface area contributed by atoms with E-state index in [0.29, 0.717) is 6.54 Å². The fraction of sp³-hybridized carbons (Fsp3) is 0.375. The second-order valence-electron chi connectivity index (χ2n) is 6.04. The zero-order valence-corrected chi connectivity index (χ0v) is 14.2. The molecule has 0 amide bonds. The van der Waals surface area contributed by atoms with E-state index in [1.54, 1.807) is 4.68 Å². The van der Waals surface area contributed by atoms with Gasteiger partial charge in [0.1, 0.15) is 5.69 Å². The van der Waals surface area contributed by atoms with Crippen LogP contribution in [0.5, 0.6) is 0 Å². The number of benzene rings is 1. The third-order valence-corrected chi connectivity index (χ3v) is 3.89. The van der Waals surface area contributed by atoms with Crippen molar-refractivity contribution in [2.75, 3.05) is 6.54 Å². The van der Waals surface area contributed by atoms with Gasteiger partial charge in [-0.15, -0.1) is 0 Å². The number of aliphatic imine (C=N–C) groups is 1. The van der Waals surface area contributed by atoms with E-state index in [2.05, 4.69) is 41.9 Å². The summed E-state index contributed by atoms with van der Waals surface area (Å²) in [6.45, 7) is 7.22. The van der Waals surface area contributed by atoms with Crippen LogP contribution in [0.15, 0.2) is 47.6 Å². The standard InChI is InChI=1S/C16H23N3OSi/c1-19-11-10-15(18-19)12-17-13-16(20-21(2,3)4)14-8-6-5-7-9-14/h5-12,16H,13H2,1-4H3. The second kappa shape index (κ2) is 6.82. The Morgan fingerprint density at radius 1 is 1.24 bits per heavy atom. The Hall–Kier alpha value is -1.72. The second-order valence-corrected chi connectivity index (χ2v) is 10.5. The zero-order valence-electron chi connectivity index (χ0n) is 13.2. The van der Waals surface area contributed by atoms with E-state index in [1.807, 2.05) is 43.7 Å². The summed E-state index contributed by atoms with van der Waals surface area (Å²) in [5, 5.41) is 4.29. The molecule has 2 aromatic rings. The molecule has 1 aromatic carbocycles. The van der Waals surface area contributed by atoms with Gasteiger partial charge in [0, 0.05) is 19.5 Å². The number of hydrogen-bond donors (Lipinski definition) is 0. The zero-order chi connectivity index (χ0) is 15.3. The lowest BCUT2D eigenvalue weighted by atomic mass is 10.1. The van der Waals surface area contributed by atoms with Gasteiger partial charge in [-0.3, -0.25) is 9.67 Å². The maximum Gasteiger partial charge on any atom is 0.184 e. The van der Waals surface area contributed by atoms with Gasteiger partial charge in [0.2, 0.25) is 0 Å². The molecule has 1 aromatic heterocycles. The quantitative estimate of drug-likeness (QED) is 0.606. The summed E-state index contributed by atoms with van der Waals surface area (Å²) >= 11 is 0. The molecule has 0 saturated heterocycles. The Labute approximate surface area is 127 Å². The van der Waals surface area contributed by atoms with Crippen LogP contribution in [0.3, 0.4) is 0 Å². The summed E-state index contributed by atoms with van der Waals surface area (Å²) < 4.78 is 8.04. The summed E-state index contributed by atoms with van der Waals surface area (Å²) in [4.78, 5) is 4.51. The molecule has 5 heteroatoms. The minimum atomic E-state index is -1.62. The summed E-state index contributed by atoms with van der Waals surface area (Å²) in [7, 11) is 0.279. The van der Waals surface area contributed by atoms with Crippen molar-refractivity contribution in [2.45, 2.75) is 25.7 Å². The van der Waals surface area contributed by atoms with E-state index in [-0.39, 0.29) is 6.10 Å². The predicted octanol–water partition coefficient (Wildman–Crippen LogP) is 3.43. The molecule has 21 heavy (non-hydrogen) atoms. The molecule has 1 atom stereocenters. The van der Waals surface area contributed by atoms with E-state index >= 15 is 0 Å². The molecule has 0 bridgehead atoms. The molecule has 4 nitrogen and oxygen atoms in total. The van der Waals surface area contributed by atoms with Crippen molar-refractivity contribution in [2.24, 2.45) is 12.0 Å². The highest BCUT2D eigenvalue weighted by Gasteiger charge is 2.21. The van der Waals surface area contributed by atoms with Crippen LogP contribution in [0.1, 0.15) is 17.4 Å². The van der Waals surface area contributed by atoms with Gasteiger partial charge in [0.25, 0.3) is 0 Å². The summed E-state index contributed by atoms with van der Waals surface area (Å²) in [5.41, 5.74) is 2.05. The number of hydrogen-bond acceptors (Lipinski definition) is 3. The first kappa shape index (κ1) is 15.7. The highest BCUT2D eigenvalue weighted by atomic mass is 28.4. The van der Waals surface area contributed by atoms with E-state index in [4.69, 9.17) is 4.43 Å². The molecular weight excluding hydrogens is 278 g/mol. The number of rotatable bonds is 6. The lowest BCUT2D eigenvalue weighted by molar-refractivity contribution is 0.207. The summed E-state index contributed by atoms with van der Waals surface area (Å²) in [6.07, 6.45) is 3.73. The minimum Gasteiger partial charge on any atom is -0.409 e. The first-order chi connectivity index (χ1) is 9.94. The molecule has 0 aliphatic carbocycles. The molecule has 2 rings (SSSR count). The van der Waals surface area contributed by atoms with Crippen LogP contribution in [0.4, 0.5) is 0 Å². The lowest BCUT2D eigenvalue weighted by Crippen LogP contribution is -2.29. The minimum absolute atomic E-state index is 0.0119. The van der Waals surface area contributed by atoms with Crippen LogP contribution in [0.25, 0.3) is 0 Å². The SMILES string of the molecule is Cn1ccc(C=NCC(O[Si](C)(C)C)c2ccccc2)n1. The van der Waals surface area contributed by atoms with E-state index in [9.17, 15) is 0 Å². The highest BCUT2D eigenvalue weighted by Crippen LogP contribution is 2.22. The van der Waals surface area contributed by atoms with Gasteiger partial charge in [0.15, 0.2) is 8.32 Å². The van der Waals surface area contributed by atoms with Crippen molar-refractivity contribution in [3.8, 4) is 0 Å². The Kier molecular flexibility index (Phi) is 5.09. The lowest BCUT2D eigenvalue weighted by Gasteiger charge is -2.25. The smallest absolute Gasteiger partial charge is 0.184 e. The van der Waals surface area contributed by atoms with Crippen molar-refractivity contribution >= 4 is 14.5 Å². The van der Waals surface area contributed by atoms with Crippen LogP contribution in [-0.2, 0) is 11.5 Å². The fourth-order valence-corrected chi connectivity index (χ4v) is 3.11. The molecule has 0 radical (unpaired) electrons. The average Bonchev–Trinajstić information content (AvgIpc) is 2.83. The van der Waals surface area contributed by atoms with Gasteiger partial charge in [-0.1, -0.05) is 30.3 Å². The Bertz CT molecular complexity index is 587. The number of aryl methyl sites for hydroxylation is 1. The van der Waals surface area contributed by atoms with Gasteiger partial charge in [-0.05, 0) is 31.3 Å². The van der Waals surface area contributed by atoms with Crippen LogP contribution in [0.2, 0.25) is 19.6 Å². The first-order valence-corrected chi connectivity index (χ1v) is 10.6. The summed E-state index contributed by atoms with van der Waals surface area (Å²) in [6, 6.07) is 12.2. The molecule has 0 N–H and O–H groups in total. The molecule has 0 spiro atoms. The molecule has 1 heterocycles. The molecule has 0 fully saturated rings. The monoisotopic (exact) mass is 301 g/mol. The van der Waals surface area contributed by atoms with Crippen molar-refractivity contribution in [3.05, 3.63) is 53.9 Å². The maximum absolute atomic E-state index is 6.27. The molecule has 112 valence electrons. The van der Waals surface area contributed by atoms with Crippen LogP contribution >= 0.6 is 0 Å². The molecule has 0 aliphatic heterocycles. The maximum atomic E-state index is 6.27. The predicted molar refractivity (Wildman–Crippen MR) is 89.3 cm³/mol. The van der Waals surface area contributed by atoms with Gasteiger partial charge in [-0.25, -0.2) is 0 Å². The highest BCUT2D eigenvalue weighted by molar-refractivity contribution is 6.69.